The number of thiol groups is 1. The molecule has 0 heterocycles. The molecule has 70 valence electrons. The maximum Gasteiger partial charge on any atom is 0.364 e. The molecule has 0 saturated heterocycles. The zero-order valence-electron chi connectivity index (χ0n) is 6.46. The molecule has 0 radical (unpaired) electrons. The van der Waals surface area contributed by atoms with E-state index in [1.54, 1.807) is 18.2 Å². The van der Waals surface area contributed by atoms with Crippen molar-refractivity contribution < 1.29 is 9.53 Å². The van der Waals surface area contributed by atoms with E-state index in [0.717, 1.165) is 5.56 Å². The molecular weight excluding hydrogens is 231 g/mol. The van der Waals surface area contributed by atoms with Crippen LogP contribution in [-0.2, 0) is 11.3 Å². The average molecular weight is 237 g/mol. The number of carbonyl (C=O) groups excluding carboxylic acids is 1. The minimum absolute atomic E-state index is 0.152. The number of rotatable bonds is 2. The first-order valence-electron chi connectivity index (χ1n) is 3.39. The molecule has 1 rings (SSSR count). The Hall–Kier alpha value is -0.380. The van der Waals surface area contributed by atoms with Gasteiger partial charge in [0.2, 0.25) is 0 Å². The van der Waals surface area contributed by atoms with Gasteiger partial charge in [0.05, 0.1) is 10.0 Å². The molecule has 0 N–H and O–H groups in total. The Balaban J connectivity index is 2.68. The number of halogens is 2. The second-order valence-corrected chi connectivity index (χ2v) is 3.48. The molecule has 0 saturated carbocycles. The van der Waals surface area contributed by atoms with E-state index in [4.69, 9.17) is 23.2 Å². The first kappa shape index (κ1) is 10.7. The molecule has 0 spiro atoms. The Morgan fingerprint density at radius 3 is 2.62 bits per heavy atom. The van der Waals surface area contributed by atoms with E-state index in [9.17, 15) is 4.79 Å². The van der Waals surface area contributed by atoms with Gasteiger partial charge in [-0.25, -0.2) is 4.79 Å². The van der Waals surface area contributed by atoms with Crippen LogP contribution in [0.25, 0.3) is 0 Å². The second-order valence-electron chi connectivity index (χ2n) is 2.30. The van der Waals surface area contributed by atoms with Crippen LogP contribution in [0.2, 0.25) is 10.0 Å². The van der Waals surface area contributed by atoms with Crippen molar-refractivity contribution in [1.29, 1.82) is 0 Å². The lowest BCUT2D eigenvalue weighted by atomic mass is 10.2. The second kappa shape index (κ2) is 4.74. The number of hydrogen-bond donors (Lipinski definition) is 1. The minimum atomic E-state index is -0.619. The number of benzene rings is 1. The Labute approximate surface area is 91.2 Å². The molecule has 0 bridgehead atoms. The summed E-state index contributed by atoms with van der Waals surface area (Å²) < 4.78 is 4.65. The third kappa shape index (κ3) is 3.46. The van der Waals surface area contributed by atoms with Gasteiger partial charge in [0.15, 0.2) is 0 Å². The Morgan fingerprint density at radius 1 is 1.38 bits per heavy atom. The SMILES string of the molecule is O=C(S)OCc1ccc(Cl)c(Cl)c1. The highest BCUT2D eigenvalue weighted by atomic mass is 35.5. The van der Waals surface area contributed by atoms with E-state index < -0.39 is 5.30 Å². The fraction of sp³-hybridized carbons (Fsp3) is 0.125. The average Bonchev–Trinajstić information content (AvgIpc) is 2.07. The van der Waals surface area contributed by atoms with Gasteiger partial charge in [-0.05, 0) is 17.7 Å². The maximum absolute atomic E-state index is 10.4. The fourth-order valence-corrected chi connectivity index (χ4v) is 1.16. The number of ether oxygens (including phenoxy) is 1. The van der Waals surface area contributed by atoms with E-state index in [0.29, 0.717) is 10.0 Å². The zero-order valence-corrected chi connectivity index (χ0v) is 8.87. The highest BCUT2D eigenvalue weighted by Gasteiger charge is 2.00. The van der Waals surface area contributed by atoms with Crippen molar-refractivity contribution in [3.8, 4) is 0 Å². The van der Waals surface area contributed by atoms with Crippen molar-refractivity contribution in [3.63, 3.8) is 0 Å². The van der Waals surface area contributed by atoms with E-state index >= 15 is 0 Å². The Morgan fingerprint density at radius 2 is 2.08 bits per heavy atom. The van der Waals surface area contributed by atoms with Gasteiger partial charge in [0.25, 0.3) is 0 Å². The van der Waals surface area contributed by atoms with Crippen LogP contribution < -0.4 is 0 Å². The predicted molar refractivity (Wildman–Crippen MR) is 55.6 cm³/mol. The first-order valence-corrected chi connectivity index (χ1v) is 4.59. The van der Waals surface area contributed by atoms with Crippen LogP contribution in [0, 0.1) is 0 Å². The molecule has 0 fully saturated rings. The topological polar surface area (TPSA) is 26.3 Å². The van der Waals surface area contributed by atoms with Crippen LogP contribution in [0.4, 0.5) is 4.79 Å². The zero-order chi connectivity index (χ0) is 9.84. The molecule has 0 aliphatic heterocycles. The monoisotopic (exact) mass is 236 g/mol. The van der Waals surface area contributed by atoms with Gasteiger partial charge in [-0.3, -0.25) is 0 Å². The first-order chi connectivity index (χ1) is 6.09. The molecule has 5 heteroatoms. The molecule has 1 aromatic rings. The van der Waals surface area contributed by atoms with E-state index in [-0.39, 0.29) is 6.61 Å². The third-order valence-corrected chi connectivity index (χ3v) is 2.21. The molecule has 0 amide bonds. The summed E-state index contributed by atoms with van der Waals surface area (Å²) >= 11 is 14.9. The van der Waals surface area contributed by atoms with Crippen molar-refractivity contribution in [2.45, 2.75) is 6.61 Å². The molecule has 0 aromatic heterocycles. The van der Waals surface area contributed by atoms with Crippen LogP contribution >= 0.6 is 35.8 Å². The van der Waals surface area contributed by atoms with Crippen LogP contribution in [0.3, 0.4) is 0 Å². The Kier molecular flexibility index (Phi) is 3.90. The van der Waals surface area contributed by atoms with Crippen LogP contribution in [0.1, 0.15) is 5.56 Å². The van der Waals surface area contributed by atoms with Gasteiger partial charge in [0.1, 0.15) is 6.61 Å². The lowest BCUT2D eigenvalue weighted by Gasteiger charge is -2.02. The summed E-state index contributed by atoms with van der Waals surface area (Å²) in [4.78, 5) is 10.4. The molecule has 0 aliphatic carbocycles. The summed E-state index contributed by atoms with van der Waals surface area (Å²) in [6, 6.07) is 5.01. The quantitative estimate of drug-likeness (QED) is 0.628. The van der Waals surface area contributed by atoms with Gasteiger partial charge in [0, 0.05) is 0 Å². The molecular formula is C8H6Cl2O2S. The molecule has 0 atom stereocenters. The smallest absolute Gasteiger partial charge is 0.364 e. The summed E-state index contributed by atoms with van der Waals surface area (Å²) in [6.45, 7) is 0.152. The van der Waals surface area contributed by atoms with E-state index in [1.165, 1.54) is 0 Å². The van der Waals surface area contributed by atoms with E-state index in [1.807, 2.05) is 0 Å². The molecule has 13 heavy (non-hydrogen) atoms. The van der Waals surface area contributed by atoms with Gasteiger partial charge in [-0.15, -0.1) is 0 Å². The van der Waals surface area contributed by atoms with Crippen molar-refractivity contribution in [2.75, 3.05) is 0 Å². The summed E-state index contributed by atoms with van der Waals surface area (Å²) in [5.41, 5.74) is 0.775. The minimum Gasteiger partial charge on any atom is -0.453 e. The normalized spacial score (nSPS) is 9.77. The van der Waals surface area contributed by atoms with Crippen molar-refractivity contribution in [2.24, 2.45) is 0 Å². The molecule has 0 aliphatic rings. The summed E-state index contributed by atoms with van der Waals surface area (Å²) in [6.07, 6.45) is 0. The maximum atomic E-state index is 10.4. The van der Waals surface area contributed by atoms with Gasteiger partial charge >= 0.3 is 5.30 Å². The van der Waals surface area contributed by atoms with Crippen LogP contribution in [0.5, 0.6) is 0 Å². The number of carbonyl (C=O) groups is 1. The van der Waals surface area contributed by atoms with Crippen LogP contribution in [0.15, 0.2) is 18.2 Å². The van der Waals surface area contributed by atoms with Crippen molar-refractivity contribution in [1.82, 2.24) is 0 Å². The third-order valence-electron chi connectivity index (χ3n) is 1.35. The molecule has 0 unspecified atom stereocenters. The van der Waals surface area contributed by atoms with Gasteiger partial charge in [-0.1, -0.05) is 41.9 Å². The lowest BCUT2D eigenvalue weighted by Crippen LogP contribution is -1.94. The summed E-state index contributed by atoms with van der Waals surface area (Å²) in [7, 11) is 0. The standard InChI is InChI=1S/C8H6Cl2O2S/c9-6-2-1-5(3-7(6)10)4-12-8(11)13/h1-3H,4H2,(H,11,13). The Bertz CT molecular complexity index is 328. The van der Waals surface area contributed by atoms with Gasteiger partial charge < -0.3 is 4.74 Å². The highest BCUT2D eigenvalue weighted by Crippen LogP contribution is 2.22. The fourth-order valence-electron chi connectivity index (χ4n) is 0.774. The molecule has 1 aromatic carbocycles. The summed E-state index contributed by atoms with van der Waals surface area (Å²) in [5.74, 6) is 0. The van der Waals surface area contributed by atoms with Gasteiger partial charge in [-0.2, -0.15) is 0 Å². The lowest BCUT2D eigenvalue weighted by molar-refractivity contribution is 0.169. The largest absolute Gasteiger partial charge is 0.453 e. The number of hydrogen-bond acceptors (Lipinski definition) is 2. The molecule has 2 nitrogen and oxygen atoms in total. The highest BCUT2D eigenvalue weighted by molar-refractivity contribution is 7.96. The van der Waals surface area contributed by atoms with E-state index in [2.05, 4.69) is 17.4 Å². The van der Waals surface area contributed by atoms with Crippen LogP contribution in [-0.4, -0.2) is 5.30 Å². The summed E-state index contributed by atoms with van der Waals surface area (Å²) in [5, 5.41) is 0.295. The van der Waals surface area contributed by atoms with Crippen molar-refractivity contribution in [3.05, 3.63) is 33.8 Å². The van der Waals surface area contributed by atoms with Crippen molar-refractivity contribution >= 4 is 41.1 Å². The predicted octanol–water partition coefficient (Wildman–Crippen LogP) is 3.56.